The molecule has 0 bridgehead atoms. The van der Waals surface area contributed by atoms with Crippen molar-refractivity contribution in [3.63, 3.8) is 0 Å². The summed E-state index contributed by atoms with van der Waals surface area (Å²) in [6, 6.07) is 4.76. The van der Waals surface area contributed by atoms with Crippen molar-refractivity contribution in [2.24, 2.45) is 0 Å². The van der Waals surface area contributed by atoms with E-state index in [9.17, 15) is 14.4 Å². The van der Waals surface area contributed by atoms with E-state index >= 15 is 0 Å². The summed E-state index contributed by atoms with van der Waals surface area (Å²) in [4.78, 5) is 38.6. The number of likely N-dealkylation sites (N-methyl/N-ethyl adjacent to an activating group) is 1. The maximum Gasteiger partial charge on any atom is 0.337 e. The highest BCUT2D eigenvalue weighted by Gasteiger charge is 2.34. The smallest absolute Gasteiger partial charge is 0.337 e. The molecule has 1 aliphatic carbocycles. The van der Waals surface area contributed by atoms with Gasteiger partial charge >= 0.3 is 18.0 Å². The lowest BCUT2D eigenvalue weighted by atomic mass is 9.85. The Labute approximate surface area is 164 Å². The topological polar surface area (TPSA) is 111 Å². The van der Waals surface area contributed by atoms with E-state index in [1.807, 2.05) is 25.9 Å². The predicted octanol–water partition coefficient (Wildman–Crippen LogP) is 1.60. The van der Waals surface area contributed by atoms with Crippen LogP contribution in [0.5, 0.6) is 0 Å². The first-order valence-corrected chi connectivity index (χ1v) is 9.18. The van der Waals surface area contributed by atoms with Crippen LogP contribution in [-0.4, -0.2) is 74.4 Å². The fourth-order valence-corrected chi connectivity index (χ4v) is 3.27. The number of esters is 1. The molecule has 0 spiro atoms. The van der Waals surface area contributed by atoms with Crippen LogP contribution in [0.1, 0.15) is 30.1 Å². The molecule has 1 fully saturated rings. The second-order valence-electron chi connectivity index (χ2n) is 7.00. The van der Waals surface area contributed by atoms with Crippen molar-refractivity contribution in [2.45, 2.75) is 31.8 Å². The summed E-state index contributed by atoms with van der Waals surface area (Å²) in [6.07, 6.45) is 1.44. The third-order valence-electron chi connectivity index (χ3n) is 4.86. The Morgan fingerprint density at radius 1 is 1.25 bits per heavy atom. The highest BCUT2D eigenvalue weighted by atomic mass is 16.5. The molecule has 1 aliphatic rings. The van der Waals surface area contributed by atoms with Gasteiger partial charge in [-0.25, -0.2) is 9.59 Å². The van der Waals surface area contributed by atoms with Gasteiger partial charge in [-0.3, -0.25) is 9.69 Å². The summed E-state index contributed by atoms with van der Waals surface area (Å²) in [7, 11) is 4.95. The Hall–Kier alpha value is -2.81. The zero-order valence-electron chi connectivity index (χ0n) is 16.7. The highest BCUT2D eigenvalue weighted by molar-refractivity contribution is 5.97. The molecule has 1 aromatic rings. The van der Waals surface area contributed by atoms with E-state index in [0.717, 1.165) is 12.8 Å². The van der Waals surface area contributed by atoms with Crippen molar-refractivity contribution in [3.05, 3.63) is 23.8 Å². The molecule has 0 atom stereocenters. The second kappa shape index (κ2) is 9.41. The molecule has 1 aromatic carbocycles. The lowest BCUT2D eigenvalue weighted by Crippen LogP contribution is -2.55. The summed E-state index contributed by atoms with van der Waals surface area (Å²) in [5, 5.41) is 14.7. The number of benzene rings is 1. The molecule has 0 aliphatic heterocycles. The maximum absolute atomic E-state index is 12.3. The van der Waals surface area contributed by atoms with Crippen molar-refractivity contribution in [2.75, 3.05) is 44.5 Å². The number of rotatable bonds is 8. The number of carboxylic acids is 1. The quantitative estimate of drug-likeness (QED) is 0.576. The number of hydrogen-bond donors (Lipinski definition) is 3. The first-order valence-electron chi connectivity index (χ1n) is 9.18. The van der Waals surface area contributed by atoms with Crippen LogP contribution in [-0.2, 0) is 9.53 Å². The van der Waals surface area contributed by atoms with Gasteiger partial charge in [0.1, 0.15) is 0 Å². The number of ether oxygens (including phenoxy) is 1. The lowest BCUT2D eigenvalue weighted by molar-refractivity contribution is -0.139. The van der Waals surface area contributed by atoms with E-state index < -0.39 is 11.9 Å². The average molecular weight is 392 g/mol. The number of amides is 2. The van der Waals surface area contributed by atoms with Crippen LogP contribution in [0.25, 0.3) is 0 Å². The number of aliphatic carboxylic acids is 1. The molecular formula is C19H28N4O5. The van der Waals surface area contributed by atoms with Crippen LogP contribution in [0.3, 0.4) is 0 Å². The molecular weight excluding hydrogens is 364 g/mol. The number of nitrogens with one attached hydrogen (secondary N) is 2. The van der Waals surface area contributed by atoms with Crippen molar-refractivity contribution in [3.8, 4) is 0 Å². The van der Waals surface area contributed by atoms with Crippen molar-refractivity contribution < 1.29 is 24.2 Å². The van der Waals surface area contributed by atoms with Crippen molar-refractivity contribution in [1.82, 2.24) is 10.2 Å². The van der Waals surface area contributed by atoms with E-state index in [1.165, 1.54) is 7.11 Å². The van der Waals surface area contributed by atoms with Gasteiger partial charge in [-0.1, -0.05) is 6.92 Å². The molecule has 0 radical (unpaired) electrons. The van der Waals surface area contributed by atoms with Crippen LogP contribution < -0.4 is 15.5 Å². The van der Waals surface area contributed by atoms with Crippen LogP contribution in [0.2, 0.25) is 0 Å². The Balaban J connectivity index is 1.93. The summed E-state index contributed by atoms with van der Waals surface area (Å²) >= 11 is 0. The Kier molecular flexibility index (Phi) is 7.22. The van der Waals surface area contributed by atoms with Crippen LogP contribution in [0, 0.1) is 0 Å². The monoisotopic (exact) mass is 392 g/mol. The molecule has 0 unspecified atom stereocenters. The minimum absolute atomic E-state index is 0.00462. The number of carbonyl (C=O) groups is 3. The van der Waals surface area contributed by atoms with Gasteiger partial charge in [0.2, 0.25) is 0 Å². The summed E-state index contributed by atoms with van der Waals surface area (Å²) in [5.74, 6) is -1.29. The van der Waals surface area contributed by atoms with Gasteiger partial charge in [0.25, 0.3) is 0 Å². The molecule has 3 N–H and O–H groups in total. The van der Waals surface area contributed by atoms with Gasteiger partial charge in [0.05, 0.1) is 30.6 Å². The number of methoxy groups -OCH3 is 1. The summed E-state index contributed by atoms with van der Waals surface area (Å²) in [5.41, 5.74) is 1.66. The van der Waals surface area contributed by atoms with Crippen molar-refractivity contribution >= 4 is 29.3 Å². The molecule has 0 aromatic heterocycles. The second-order valence-corrected chi connectivity index (χ2v) is 7.00. The number of carbonyl (C=O) groups excluding carboxylic acids is 2. The van der Waals surface area contributed by atoms with Gasteiger partial charge in [0, 0.05) is 26.2 Å². The van der Waals surface area contributed by atoms with E-state index in [2.05, 4.69) is 10.6 Å². The van der Waals surface area contributed by atoms with E-state index in [4.69, 9.17) is 9.84 Å². The Morgan fingerprint density at radius 2 is 1.93 bits per heavy atom. The molecule has 9 nitrogen and oxygen atoms in total. The third-order valence-corrected chi connectivity index (χ3v) is 4.86. The zero-order valence-corrected chi connectivity index (χ0v) is 16.7. The first-order chi connectivity index (χ1) is 13.2. The molecule has 2 rings (SSSR count). The predicted molar refractivity (Wildman–Crippen MR) is 106 cm³/mol. The first kappa shape index (κ1) is 21.5. The summed E-state index contributed by atoms with van der Waals surface area (Å²) in [6.45, 7) is 2.60. The third kappa shape index (κ3) is 5.35. The average Bonchev–Trinajstić information content (AvgIpc) is 2.61. The molecule has 1 saturated carbocycles. The fraction of sp³-hybridized carbons (Fsp3) is 0.526. The standard InChI is InChI=1S/C19H28N4O5/c1-5-23(11-17(24)25)14-9-13(10-14)20-19(27)21-15-7-6-12(18(26)28-4)8-16(15)22(2)3/h6-8,13-14H,5,9-11H2,1-4H3,(H,24,25)(H2,20,21,27). The largest absolute Gasteiger partial charge is 0.480 e. The molecule has 28 heavy (non-hydrogen) atoms. The maximum atomic E-state index is 12.3. The molecule has 154 valence electrons. The van der Waals surface area contributed by atoms with Crippen LogP contribution in [0.4, 0.5) is 16.2 Å². The molecule has 2 amide bonds. The highest BCUT2D eigenvalue weighted by Crippen LogP contribution is 2.28. The zero-order chi connectivity index (χ0) is 20.8. The Bertz CT molecular complexity index is 731. The lowest BCUT2D eigenvalue weighted by Gasteiger charge is -2.42. The van der Waals surface area contributed by atoms with E-state index in [0.29, 0.717) is 23.5 Å². The van der Waals surface area contributed by atoms with Crippen molar-refractivity contribution in [1.29, 1.82) is 0 Å². The van der Waals surface area contributed by atoms with Gasteiger partial charge in [0.15, 0.2) is 0 Å². The van der Waals surface area contributed by atoms with E-state index in [-0.39, 0.29) is 24.7 Å². The number of anilines is 2. The van der Waals surface area contributed by atoms with E-state index in [1.54, 1.807) is 23.1 Å². The summed E-state index contributed by atoms with van der Waals surface area (Å²) < 4.78 is 4.73. The fourth-order valence-electron chi connectivity index (χ4n) is 3.27. The van der Waals surface area contributed by atoms with Gasteiger partial charge in [-0.15, -0.1) is 0 Å². The minimum Gasteiger partial charge on any atom is -0.480 e. The van der Waals surface area contributed by atoms with Gasteiger partial charge in [-0.2, -0.15) is 0 Å². The van der Waals surface area contributed by atoms with Gasteiger partial charge in [-0.05, 0) is 37.6 Å². The molecule has 9 heteroatoms. The van der Waals surface area contributed by atoms with Crippen LogP contribution >= 0.6 is 0 Å². The Morgan fingerprint density at radius 3 is 2.46 bits per heavy atom. The molecule has 0 saturated heterocycles. The number of carboxylic acid groups (broad SMARTS) is 1. The van der Waals surface area contributed by atoms with Gasteiger partial charge < -0.3 is 25.4 Å². The van der Waals surface area contributed by atoms with Crippen LogP contribution in [0.15, 0.2) is 18.2 Å². The number of urea groups is 1. The minimum atomic E-state index is -0.845. The molecule has 0 heterocycles. The normalized spacial score (nSPS) is 18.2. The number of nitrogens with zero attached hydrogens (tertiary/aromatic N) is 2. The number of hydrogen-bond acceptors (Lipinski definition) is 6. The SMILES string of the molecule is CCN(CC(=O)O)C1CC(NC(=O)Nc2ccc(C(=O)OC)cc2N(C)C)C1.